The van der Waals surface area contributed by atoms with Crippen molar-refractivity contribution in [3.05, 3.63) is 60.2 Å². The minimum atomic E-state index is -3.34. The molecular weight excluding hydrogens is 372 g/mol. The van der Waals surface area contributed by atoms with Crippen molar-refractivity contribution >= 4 is 38.1 Å². The molecule has 0 fully saturated rings. The molecule has 2 aromatic carbocycles. The second-order valence-corrected chi connectivity index (χ2v) is 8.50. The fourth-order valence-corrected chi connectivity index (χ4v) is 3.40. The molecule has 0 radical (unpaired) electrons. The summed E-state index contributed by atoms with van der Waals surface area (Å²) < 4.78 is 24.2. The van der Waals surface area contributed by atoms with E-state index in [0.717, 1.165) is 16.1 Å². The van der Waals surface area contributed by atoms with Crippen molar-refractivity contribution in [3.63, 3.8) is 0 Å². The maximum atomic E-state index is 12.3. The molecule has 0 spiro atoms. The van der Waals surface area contributed by atoms with Gasteiger partial charge in [-0.1, -0.05) is 41.7 Å². The Balaban J connectivity index is 1.72. The summed E-state index contributed by atoms with van der Waals surface area (Å²) in [5.74, 6) is -0.339. The van der Waals surface area contributed by atoms with Gasteiger partial charge in [0.1, 0.15) is 5.01 Å². The minimum absolute atomic E-state index is 0.339. The molecule has 0 saturated heterocycles. The van der Waals surface area contributed by atoms with Crippen LogP contribution in [0.15, 0.2) is 54.6 Å². The van der Waals surface area contributed by atoms with Crippen LogP contribution in [0.3, 0.4) is 0 Å². The maximum Gasteiger partial charge on any atom is 0.257 e. The third-order valence-electron chi connectivity index (χ3n) is 3.66. The molecule has 1 heterocycles. The number of carbonyl (C=O) groups excluding carboxylic acids is 1. The minimum Gasteiger partial charge on any atom is -0.296 e. The smallest absolute Gasteiger partial charge is 0.257 e. The average Bonchev–Trinajstić information content (AvgIpc) is 3.09. The standard InChI is InChI=1S/C17H16N4O3S2/c1-21(26(2,23)24)14-10-8-12(9-11-14)15(22)18-17-20-19-16(25-17)13-6-4-3-5-7-13/h3-11H,1-2H3,(H,18,20,22). The van der Waals surface area contributed by atoms with Crippen LogP contribution in [0.4, 0.5) is 10.8 Å². The Kier molecular flexibility index (Phi) is 5.01. The zero-order chi connectivity index (χ0) is 18.7. The van der Waals surface area contributed by atoms with Crippen LogP contribution in [0.2, 0.25) is 0 Å². The van der Waals surface area contributed by atoms with E-state index in [4.69, 9.17) is 0 Å². The number of carbonyl (C=O) groups is 1. The zero-order valence-electron chi connectivity index (χ0n) is 14.1. The maximum absolute atomic E-state index is 12.3. The van der Waals surface area contributed by atoms with Crippen molar-refractivity contribution in [2.24, 2.45) is 0 Å². The van der Waals surface area contributed by atoms with Crippen molar-refractivity contribution in [1.82, 2.24) is 10.2 Å². The van der Waals surface area contributed by atoms with Gasteiger partial charge in [-0.3, -0.25) is 14.4 Å². The van der Waals surface area contributed by atoms with Crippen LogP contribution in [0, 0.1) is 0 Å². The third-order valence-corrected chi connectivity index (χ3v) is 5.75. The number of anilines is 2. The predicted molar refractivity (Wildman–Crippen MR) is 103 cm³/mol. The highest BCUT2D eigenvalue weighted by Crippen LogP contribution is 2.26. The monoisotopic (exact) mass is 388 g/mol. The summed E-state index contributed by atoms with van der Waals surface area (Å²) in [5.41, 5.74) is 1.80. The largest absolute Gasteiger partial charge is 0.296 e. The number of benzene rings is 2. The van der Waals surface area contributed by atoms with Gasteiger partial charge in [0.2, 0.25) is 15.2 Å². The number of nitrogens with one attached hydrogen (secondary N) is 1. The lowest BCUT2D eigenvalue weighted by Crippen LogP contribution is -2.24. The Labute approximate surface area is 155 Å². The number of hydrogen-bond acceptors (Lipinski definition) is 6. The molecule has 0 unspecified atom stereocenters. The topological polar surface area (TPSA) is 92.3 Å². The van der Waals surface area contributed by atoms with Gasteiger partial charge >= 0.3 is 0 Å². The van der Waals surface area contributed by atoms with E-state index in [1.807, 2.05) is 30.3 Å². The molecule has 0 saturated carbocycles. The predicted octanol–water partition coefficient (Wildman–Crippen LogP) is 2.85. The molecule has 3 rings (SSSR count). The number of nitrogens with zero attached hydrogens (tertiary/aromatic N) is 3. The molecule has 0 aliphatic heterocycles. The SMILES string of the molecule is CN(c1ccc(C(=O)Nc2nnc(-c3ccccc3)s2)cc1)S(C)(=O)=O. The molecule has 9 heteroatoms. The first-order valence-electron chi connectivity index (χ1n) is 7.59. The van der Waals surface area contributed by atoms with Crippen LogP contribution in [0.25, 0.3) is 10.6 Å². The van der Waals surface area contributed by atoms with Crippen molar-refractivity contribution in [3.8, 4) is 10.6 Å². The fourth-order valence-electron chi connectivity index (χ4n) is 2.15. The van der Waals surface area contributed by atoms with E-state index in [1.165, 1.54) is 18.4 Å². The summed E-state index contributed by atoms with van der Waals surface area (Å²) in [6.07, 6.45) is 1.12. The van der Waals surface area contributed by atoms with E-state index in [0.29, 0.717) is 21.4 Å². The highest BCUT2D eigenvalue weighted by Gasteiger charge is 2.14. The van der Waals surface area contributed by atoms with Crippen molar-refractivity contribution in [1.29, 1.82) is 0 Å². The van der Waals surface area contributed by atoms with Crippen molar-refractivity contribution in [2.75, 3.05) is 22.9 Å². The fraction of sp³-hybridized carbons (Fsp3) is 0.118. The number of rotatable bonds is 5. The van der Waals surface area contributed by atoms with Crippen molar-refractivity contribution < 1.29 is 13.2 Å². The second-order valence-electron chi connectivity index (χ2n) is 5.51. The van der Waals surface area contributed by atoms with E-state index in [9.17, 15) is 13.2 Å². The Bertz CT molecular complexity index is 1020. The first kappa shape index (κ1) is 18.0. The van der Waals surface area contributed by atoms with Crippen LogP contribution in [0.5, 0.6) is 0 Å². The van der Waals surface area contributed by atoms with Gasteiger partial charge in [0.15, 0.2) is 0 Å². The van der Waals surface area contributed by atoms with Gasteiger partial charge in [0.05, 0.1) is 11.9 Å². The van der Waals surface area contributed by atoms with Gasteiger partial charge in [-0.2, -0.15) is 0 Å². The molecule has 134 valence electrons. The Morgan fingerprint density at radius 2 is 1.69 bits per heavy atom. The van der Waals surface area contributed by atoms with Crippen LogP contribution in [-0.4, -0.2) is 37.8 Å². The molecule has 3 aromatic rings. The molecule has 1 amide bonds. The van der Waals surface area contributed by atoms with Gasteiger partial charge in [0.25, 0.3) is 5.91 Å². The Morgan fingerprint density at radius 3 is 2.31 bits per heavy atom. The normalized spacial score (nSPS) is 11.2. The summed E-state index contributed by atoms with van der Waals surface area (Å²) in [6, 6.07) is 15.8. The third kappa shape index (κ3) is 4.06. The van der Waals surface area contributed by atoms with Gasteiger partial charge < -0.3 is 0 Å². The number of hydrogen-bond donors (Lipinski definition) is 1. The van der Waals surface area contributed by atoms with Gasteiger partial charge in [-0.25, -0.2) is 8.42 Å². The summed E-state index contributed by atoms with van der Waals surface area (Å²) in [5, 5.41) is 11.9. The quantitative estimate of drug-likeness (QED) is 0.726. The van der Waals surface area contributed by atoms with E-state index < -0.39 is 10.0 Å². The molecule has 0 aliphatic rings. The number of amides is 1. The molecular formula is C17H16N4O3S2. The van der Waals surface area contributed by atoms with Crippen LogP contribution < -0.4 is 9.62 Å². The van der Waals surface area contributed by atoms with Gasteiger partial charge in [-0.15, -0.1) is 10.2 Å². The first-order valence-corrected chi connectivity index (χ1v) is 10.3. The molecule has 0 aliphatic carbocycles. The number of aromatic nitrogens is 2. The van der Waals surface area contributed by atoms with Gasteiger partial charge in [0, 0.05) is 18.2 Å². The molecule has 0 atom stereocenters. The second kappa shape index (κ2) is 7.22. The lowest BCUT2D eigenvalue weighted by atomic mass is 10.2. The highest BCUT2D eigenvalue weighted by atomic mass is 32.2. The van der Waals surface area contributed by atoms with E-state index in [1.54, 1.807) is 24.3 Å². The van der Waals surface area contributed by atoms with Crippen LogP contribution in [-0.2, 0) is 10.0 Å². The zero-order valence-corrected chi connectivity index (χ0v) is 15.7. The summed E-state index contributed by atoms with van der Waals surface area (Å²) >= 11 is 1.28. The van der Waals surface area contributed by atoms with E-state index >= 15 is 0 Å². The highest BCUT2D eigenvalue weighted by molar-refractivity contribution is 7.92. The average molecular weight is 388 g/mol. The molecule has 0 bridgehead atoms. The van der Waals surface area contributed by atoms with Crippen molar-refractivity contribution in [2.45, 2.75) is 0 Å². The lowest BCUT2D eigenvalue weighted by Gasteiger charge is -2.16. The van der Waals surface area contributed by atoms with Gasteiger partial charge in [-0.05, 0) is 24.3 Å². The lowest BCUT2D eigenvalue weighted by molar-refractivity contribution is 0.102. The Morgan fingerprint density at radius 1 is 1.04 bits per heavy atom. The summed E-state index contributed by atoms with van der Waals surface area (Å²) in [6.45, 7) is 0. The molecule has 7 nitrogen and oxygen atoms in total. The van der Waals surface area contributed by atoms with E-state index in [-0.39, 0.29) is 5.91 Å². The number of sulfonamides is 1. The molecule has 1 aromatic heterocycles. The van der Waals surface area contributed by atoms with Crippen LogP contribution in [0.1, 0.15) is 10.4 Å². The molecule has 26 heavy (non-hydrogen) atoms. The van der Waals surface area contributed by atoms with Crippen LogP contribution >= 0.6 is 11.3 Å². The van der Waals surface area contributed by atoms with E-state index in [2.05, 4.69) is 15.5 Å². The first-order chi connectivity index (χ1) is 12.3. The Hall–Kier alpha value is -2.78. The molecule has 1 N–H and O–H groups in total. The summed E-state index contributed by atoms with van der Waals surface area (Å²) in [4.78, 5) is 12.3. The summed E-state index contributed by atoms with van der Waals surface area (Å²) in [7, 11) is -1.89.